The van der Waals surface area contributed by atoms with E-state index < -0.39 is 0 Å². The highest BCUT2D eigenvalue weighted by Crippen LogP contribution is 2.09. The minimum absolute atomic E-state index is 0.208. The van der Waals surface area contributed by atoms with E-state index in [2.05, 4.69) is 42.8 Å². The minimum Gasteiger partial charge on any atom is -0.395 e. The van der Waals surface area contributed by atoms with Gasteiger partial charge in [0.25, 0.3) is 0 Å². The van der Waals surface area contributed by atoms with Gasteiger partial charge in [0.05, 0.1) is 6.61 Å². The van der Waals surface area contributed by atoms with Gasteiger partial charge in [-0.25, -0.2) is 0 Å². The molecule has 0 aromatic heterocycles. The first kappa shape index (κ1) is 15.9. The maximum absolute atomic E-state index is 9.38. The topological polar surface area (TPSA) is 38.7 Å². The van der Waals surface area contributed by atoms with Crippen molar-refractivity contribution >= 4 is 0 Å². The summed E-state index contributed by atoms with van der Waals surface area (Å²) >= 11 is 0. The Balaban J connectivity index is 2.29. The van der Waals surface area contributed by atoms with Crippen LogP contribution in [0.4, 0.5) is 0 Å². The second-order valence-corrected chi connectivity index (χ2v) is 5.79. The van der Waals surface area contributed by atoms with E-state index in [1.165, 1.54) is 6.42 Å². The molecule has 4 nitrogen and oxygen atoms in total. The number of aliphatic hydroxyl groups is 1. The third-order valence-electron chi connectivity index (χ3n) is 3.89. The molecule has 0 amide bonds. The zero-order chi connectivity index (χ0) is 13.5. The van der Waals surface area contributed by atoms with E-state index in [-0.39, 0.29) is 12.6 Å². The summed E-state index contributed by atoms with van der Waals surface area (Å²) in [5.74, 6) is 0. The monoisotopic (exact) mass is 257 g/mol. The van der Waals surface area contributed by atoms with Crippen LogP contribution in [0, 0.1) is 0 Å². The highest BCUT2D eigenvalue weighted by molar-refractivity contribution is 4.79. The van der Waals surface area contributed by atoms with Gasteiger partial charge >= 0.3 is 0 Å². The minimum atomic E-state index is 0.208. The van der Waals surface area contributed by atoms with E-state index in [0.717, 1.165) is 32.7 Å². The average Bonchev–Trinajstić information content (AvgIpc) is 2.37. The van der Waals surface area contributed by atoms with Gasteiger partial charge in [-0.3, -0.25) is 9.80 Å². The molecule has 0 spiro atoms. The largest absolute Gasteiger partial charge is 0.395 e. The summed E-state index contributed by atoms with van der Waals surface area (Å²) in [6, 6.07) is 1.35. The van der Waals surface area contributed by atoms with Crippen LogP contribution in [0.15, 0.2) is 0 Å². The van der Waals surface area contributed by atoms with Crippen molar-refractivity contribution in [3.05, 3.63) is 0 Å². The van der Waals surface area contributed by atoms with Crippen LogP contribution < -0.4 is 5.32 Å². The van der Waals surface area contributed by atoms with E-state index in [9.17, 15) is 5.11 Å². The van der Waals surface area contributed by atoms with Crippen LogP contribution in [0.3, 0.4) is 0 Å². The van der Waals surface area contributed by atoms with Gasteiger partial charge in [0.15, 0.2) is 0 Å². The van der Waals surface area contributed by atoms with E-state index in [1.54, 1.807) is 0 Å². The van der Waals surface area contributed by atoms with Crippen LogP contribution in [0.1, 0.15) is 34.1 Å². The SMILES string of the molecule is CCC(C)N1CCN(CC(CO)NC(C)C)CC1. The van der Waals surface area contributed by atoms with Crippen molar-refractivity contribution in [1.82, 2.24) is 15.1 Å². The Morgan fingerprint density at radius 3 is 2.17 bits per heavy atom. The molecule has 0 bridgehead atoms. The van der Waals surface area contributed by atoms with Crippen LogP contribution in [-0.4, -0.2) is 72.4 Å². The lowest BCUT2D eigenvalue weighted by atomic mass is 10.1. The Labute approximate surface area is 112 Å². The molecule has 2 N–H and O–H groups in total. The molecule has 1 saturated heterocycles. The number of nitrogens with zero attached hydrogens (tertiary/aromatic N) is 2. The quantitative estimate of drug-likeness (QED) is 0.706. The Bertz CT molecular complexity index is 215. The summed E-state index contributed by atoms with van der Waals surface area (Å²) in [4.78, 5) is 5.04. The van der Waals surface area contributed by atoms with Gasteiger partial charge in [0.2, 0.25) is 0 Å². The molecule has 0 aromatic rings. The van der Waals surface area contributed by atoms with Gasteiger partial charge < -0.3 is 10.4 Å². The number of rotatable bonds is 7. The summed E-state index contributed by atoms with van der Waals surface area (Å²) in [7, 11) is 0. The maximum Gasteiger partial charge on any atom is 0.0597 e. The third kappa shape index (κ3) is 5.22. The summed E-state index contributed by atoms with van der Waals surface area (Å²) in [6.07, 6.45) is 1.23. The molecule has 0 saturated carbocycles. The molecule has 2 unspecified atom stereocenters. The second kappa shape index (κ2) is 8.10. The molecule has 1 aliphatic rings. The molecule has 108 valence electrons. The van der Waals surface area contributed by atoms with Gasteiger partial charge in [0, 0.05) is 50.8 Å². The summed E-state index contributed by atoms with van der Waals surface area (Å²) in [5.41, 5.74) is 0. The Kier molecular flexibility index (Phi) is 7.15. The zero-order valence-corrected chi connectivity index (χ0v) is 12.5. The molecule has 2 atom stereocenters. The van der Waals surface area contributed by atoms with Crippen molar-refractivity contribution in [2.75, 3.05) is 39.3 Å². The van der Waals surface area contributed by atoms with Crippen LogP contribution in [0.25, 0.3) is 0 Å². The summed E-state index contributed by atoms with van der Waals surface area (Å²) < 4.78 is 0. The zero-order valence-electron chi connectivity index (χ0n) is 12.5. The Hall–Kier alpha value is -0.160. The van der Waals surface area contributed by atoms with E-state index in [1.807, 2.05) is 0 Å². The van der Waals surface area contributed by atoms with E-state index in [0.29, 0.717) is 12.1 Å². The van der Waals surface area contributed by atoms with Crippen molar-refractivity contribution in [1.29, 1.82) is 0 Å². The Morgan fingerprint density at radius 2 is 1.72 bits per heavy atom. The van der Waals surface area contributed by atoms with Gasteiger partial charge in [-0.05, 0) is 13.3 Å². The number of piperazine rings is 1. The highest BCUT2D eigenvalue weighted by atomic mass is 16.3. The fourth-order valence-corrected chi connectivity index (χ4v) is 2.59. The molecule has 18 heavy (non-hydrogen) atoms. The first-order chi connectivity index (χ1) is 8.56. The van der Waals surface area contributed by atoms with Crippen molar-refractivity contribution in [3.8, 4) is 0 Å². The van der Waals surface area contributed by atoms with E-state index in [4.69, 9.17) is 0 Å². The number of hydrogen-bond donors (Lipinski definition) is 2. The number of hydrogen-bond acceptors (Lipinski definition) is 4. The van der Waals surface area contributed by atoms with Crippen molar-refractivity contribution in [2.45, 2.75) is 52.2 Å². The third-order valence-corrected chi connectivity index (χ3v) is 3.89. The maximum atomic E-state index is 9.38. The van der Waals surface area contributed by atoms with E-state index >= 15 is 0 Å². The molecule has 4 heteroatoms. The fourth-order valence-electron chi connectivity index (χ4n) is 2.59. The molecule has 1 fully saturated rings. The summed E-state index contributed by atoms with van der Waals surface area (Å²) in [6.45, 7) is 14.6. The highest BCUT2D eigenvalue weighted by Gasteiger charge is 2.22. The van der Waals surface area contributed by atoms with Crippen LogP contribution >= 0.6 is 0 Å². The lowest BCUT2D eigenvalue weighted by molar-refractivity contribution is 0.0849. The van der Waals surface area contributed by atoms with Crippen molar-refractivity contribution < 1.29 is 5.11 Å². The van der Waals surface area contributed by atoms with Crippen LogP contribution in [0.5, 0.6) is 0 Å². The second-order valence-electron chi connectivity index (χ2n) is 5.79. The molecule has 0 radical (unpaired) electrons. The predicted molar refractivity (Wildman–Crippen MR) is 76.9 cm³/mol. The lowest BCUT2D eigenvalue weighted by Gasteiger charge is -2.39. The lowest BCUT2D eigenvalue weighted by Crippen LogP contribution is -2.54. The standard InChI is InChI=1S/C14H31N3O/c1-5-13(4)17-8-6-16(7-9-17)10-14(11-18)15-12(2)3/h12-15,18H,5-11H2,1-4H3. The van der Waals surface area contributed by atoms with Gasteiger partial charge in [-0.2, -0.15) is 0 Å². The molecule has 0 aliphatic carbocycles. The molecule has 1 heterocycles. The smallest absolute Gasteiger partial charge is 0.0597 e. The number of nitrogens with one attached hydrogen (secondary N) is 1. The van der Waals surface area contributed by atoms with Crippen molar-refractivity contribution in [3.63, 3.8) is 0 Å². The first-order valence-electron chi connectivity index (χ1n) is 7.40. The predicted octanol–water partition coefficient (Wildman–Crippen LogP) is 0.761. The normalized spacial score (nSPS) is 22.3. The summed E-state index contributed by atoms with van der Waals surface area (Å²) in [5, 5.41) is 12.8. The molecule has 1 rings (SSSR count). The Morgan fingerprint density at radius 1 is 1.11 bits per heavy atom. The molecule has 1 aliphatic heterocycles. The first-order valence-corrected chi connectivity index (χ1v) is 7.40. The average molecular weight is 257 g/mol. The van der Waals surface area contributed by atoms with Gasteiger partial charge in [0.1, 0.15) is 0 Å². The van der Waals surface area contributed by atoms with Crippen LogP contribution in [0.2, 0.25) is 0 Å². The van der Waals surface area contributed by atoms with Gasteiger partial charge in [-0.15, -0.1) is 0 Å². The fraction of sp³-hybridized carbons (Fsp3) is 1.00. The molecular formula is C14H31N3O. The van der Waals surface area contributed by atoms with Gasteiger partial charge in [-0.1, -0.05) is 20.8 Å². The van der Waals surface area contributed by atoms with Crippen LogP contribution in [-0.2, 0) is 0 Å². The number of aliphatic hydroxyl groups excluding tert-OH is 1. The van der Waals surface area contributed by atoms with Crippen molar-refractivity contribution in [2.24, 2.45) is 0 Å². The molecular weight excluding hydrogens is 226 g/mol. The molecule has 0 aromatic carbocycles.